The smallest absolute Gasteiger partial charge is 0.303 e. The SMILES string of the molecule is CCC(C)(CC(C)(C)C)OP(=O)(O)O. The third-order valence-electron chi connectivity index (χ3n) is 1.99. The van der Waals surface area contributed by atoms with Crippen LogP contribution < -0.4 is 0 Å². The van der Waals surface area contributed by atoms with Crippen molar-refractivity contribution in [2.45, 2.75) is 53.1 Å². The van der Waals surface area contributed by atoms with Gasteiger partial charge in [0.2, 0.25) is 0 Å². The zero-order valence-electron chi connectivity index (χ0n) is 9.57. The second-order valence-electron chi connectivity index (χ2n) is 5.12. The third-order valence-corrected chi connectivity index (χ3v) is 2.67. The maximum atomic E-state index is 10.8. The van der Waals surface area contributed by atoms with Crippen LogP contribution in [0.1, 0.15) is 47.5 Å². The maximum Gasteiger partial charge on any atom is 0.470 e. The van der Waals surface area contributed by atoms with Gasteiger partial charge in [-0.3, -0.25) is 4.52 Å². The Morgan fingerprint density at radius 1 is 1.21 bits per heavy atom. The maximum absolute atomic E-state index is 10.8. The van der Waals surface area contributed by atoms with Gasteiger partial charge in [0, 0.05) is 0 Å². The van der Waals surface area contributed by atoms with Crippen LogP contribution in [0.5, 0.6) is 0 Å². The summed E-state index contributed by atoms with van der Waals surface area (Å²) in [7, 11) is -4.39. The summed E-state index contributed by atoms with van der Waals surface area (Å²) in [5.74, 6) is 0. The van der Waals surface area contributed by atoms with Gasteiger partial charge in [-0.15, -0.1) is 0 Å². The molecular weight excluding hydrogens is 203 g/mol. The van der Waals surface area contributed by atoms with Gasteiger partial charge in [0.05, 0.1) is 5.60 Å². The second-order valence-corrected chi connectivity index (χ2v) is 6.29. The Morgan fingerprint density at radius 3 is 1.86 bits per heavy atom. The normalized spacial score (nSPS) is 17.9. The second kappa shape index (κ2) is 4.31. The highest BCUT2D eigenvalue weighted by Crippen LogP contribution is 2.46. The standard InChI is InChI=1S/C9H21O4P/c1-6-9(5,7-8(2,3)4)13-14(10,11)12/h6-7H2,1-5H3,(H2,10,11,12). The molecule has 1 atom stereocenters. The molecular formula is C9H21O4P. The van der Waals surface area contributed by atoms with E-state index < -0.39 is 13.4 Å². The topological polar surface area (TPSA) is 66.8 Å². The van der Waals surface area contributed by atoms with E-state index in [1.54, 1.807) is 6.92 Å². The molecule has 5 heteroatoms. The minimum absolute atomic E-state index is 0.0140. The molecule has 0 fully saturated rings. The van der Waals surface area contributed by atoms with Crippen LogP contribution in [0.25, 0.3) is 0 Å². The predicted octanol–water partition coefficient (Wildman–Crippen LogP) is 2.70. The zero-order valence-corrected chi connectivity index (χ0v) is 10.5. The van der Waals surface area contributed by atoms with Gasteiger partial charge >= 0.3 is 7.82 Å². The molecule has 4 nitrogen and oxygen atoms in total. The van der Waals surface area contributed by atoms with Gasteiger partial charge in [0.25, 0.3) is 0 Å². The molecule has 0 spiro atoms. The fourth-order valence-electron chi connectivity index (χ4n) is 1.63. The lowest BCUT2D eigenvalue weighted by Crippen LogP contribution is -2.32. The van der Waals surface area contributed by atoms with Crippen LogP contribution in [-0.4, -0.2) is 15.4 Å². The van der Waals surface area contributed by atoms with Gasteiger partial charge in [0.15, 0.2) is 0 Å². The molecule has 0 rings (SSSR count). The minimum atomic E-state index is -4.39. The van der Waals surface area contributed by atoms with Crippen molar-refractivity contribution in [1.29, 1.82) is 0 Å². The number of hydrogen-bond acceptors (Lipinski definition) is 2. The zero-order chi connectivity index (χ0) is 11.6. The van der Waals surface area contributed by atoms with Crippen molar-refractivity contribution < 1.29 is 18.9 Å². The van der Waals surface area contributed by atoms with Crippen molar-refractivity contribution in [3.63, 3.8) is 0 Å². The molecule has 0 aliphatic heterocycles. The summed E-state index contributed by atoms with van der Waals surface area (Å²) < 4.78 is 15.6. The summed E-state index contributed by atoms with van der Waals surface area (Å²) in [5.41, 5.74) is -0.767. The van der Waals surface area contributed by atoms with E-state index in [2.05, 4.69) is 0 Å². The average Bonchev–Trinajstić information content (AvgIpc) is 1.78. The van der Waals surface area contributed by atoms with Crippen molar-refractivity contribution >= 4 is 7.82 Å². The third kappa shape index (κ3) is 6.55. The summed E-state index contributed by atoms with van der Waals surface area (Å²) >= 11 is 0. The fourth-order valence-corrected chi connectivity index (χ4v) is 2.40. The highest BCUT2D eigenvalue weighted by Gasteiger charge is 2.35. The molecule has 0 amide bonds. The molecule has 0 aromatic heterocycles. The van der Waals surface area contributed by atoms with E-state index >= 15 is 0 Å². The summed E-state index contributed by atoms with van der Waals surface area (Å²) in [5, 5.41) is 0. The monoisotopic (exact) mass is 224 g/mol. The Balaban J connectivity index is 4.57. The van der Waals surface area contributed by atoms with Crippen LogP contribution in [0.2, 0.25) is 0 Å². The molecule has 0 aromatic carbocycles. The van der Waals surface area contributed by atoms with Crippen LogP contribution in [0.4, 0.5) is 0 Å². The largest absolute Gasteiger partial charge is 0.470 e. The van der Waals surface area contributed by atoms with Crippen LogP contribution in [0, 0.1) is 5.41 Å². The van der Waals surface area contributed by atoms with E-state index in [-0.39, 0.29) is 5.41 Å². The number of hydrogen-bond donors (Lipinski definition) is 2. The summed E-state index contributed by atoms with van der Waals surface area (Å²) in [4.78, 5) is 17.5. The molecule has 0 saturated carbocycles. The Hall–Kier alpha value is 0.110. The lowest BCUT2D eigenvalue weighted by atomic mass is 9.82. The molecule has 2 N–H and O–H groups in total. The summed E-state index contributed by atoms with van der Waals surface area (Å²) in [6.45, 7) is 9.65. The Kier molecular flexibility index (Phi) is 4.35. The van der Waals surface area contributed by atoms with Crippen LogP contribution in [0.3, 0.4) is 0 Å². The van der Waals surface area contributed by atoms with E-state index in [1.807, 2.05) is 27.7 Å². The average molecular weight is 224 g/mol. The molecule has 0 aliphatic carbocycles. The Labute approximate surface area is 85.9 Å². The minimum Gasteiger partial charge on any atom is -0.303 e. The van der Waals surface area contributed by atoms with Crippen molar-refractivity contribution in [2.75, 3.05) is 0 Å². The highest BCUT2D eigenvalue weighted by molar-refractivity contribution is 7.46. The van der Waals surface area contributed by atoms with E-state index in [4.69, 9.17) is 14.3 Å². The van der Waals surface area contributed by atoms with E-state index in [0.29, 0.717) is 12.8 Å². The van der Waals surface area contributed by atoms with Crippen molar-refractivity contribution in [3.05, 3.63) is 0 Å². The predicted molar refractivity (Wildman–Crippen MR) is 55.9 cm³/mol. The number of phosphoric ester groups is 1. The molecule has 0 aliphatic rings. The first-order chi connectivity index (χ1) is 5.97. The number of phosphoric acid groups is 1. The number of rotatable bonds is 4. The molecule has 0 heterocycles. The lowest BCUT2D eigenvalue weighted by molar-refractivity contribution is 0.0131. The quantitative estimate of drug-likeness (QED) is 0.720. The van der Waals surface area contributed by atoms with Gasteiger partial charge in [-0.1, -0.05) is 27.7 Å². The first-order valence-electron chi connectivity index (χ1n) is 4.74. The Bertz CT molecular complexity index is 227. The van der Waals surface area contributed by atoms with Crippen molar-refractivity contribution in [2.24, 2.45) is 5.41 Å². The van der Waals surface area contributed by atoms with Crippen LogP contribution in [-0.2, 0) is 9.09 Å². The molecule has 86 valence electrons. The summed E-state index contributed by atoms with van der Waals surface area (Å²) in [6, 6.07) is 0. The molecule has 0 bridgehead atoms. The van der Waals surface area contributed by atoms with Gasteiger partial charge in [-0.2, -0.15) is 0 Å². The molecule has 1 unspecified atom stereocenters. The molecule has 14 heavy (non-hydrogen) atoms. The van der Waals surface area contributed by atoms with Crippen LogP contribution in [0.15, 0.2) is 0 Å². The van der Waals surface area contributed by atoms with E-state index in [0.717, 1.165) is 0 Å². The fraction of sp³-hybridized carbons (Fsp3) is 1.00. The first-order valence-corrected chi connectivity index (χ1v) is 6.27. The molecule has 0 saturated heterocycles. The van der Waals surface area contributed by atoms with Gasteiger partial charge in [-0.05, 0) is 25.2 Å². The van der Waals surface area contributed by atoms with E-state index in [9.17, 15) is 4.57 Å². The molecule has 0 radical (unpaired) electrons. The lowest BCUT2D eigenvalue weighted by Gasteiger charge is -2.34. The summed E-state index contributed by atoms with van der Waals surface area (Å²) in [6.07, 6.45) is 1.19. The van der Waals surface area contributed by atoms with Crippen LogP contribution >= 0.6 is 7.82 Å². The van der Waals surface area contributed by atoms with Crippen molar-refractivity contribution in [1.82, 2.24) is 0 Å². The highest BCUT2D eigenvalue weighted by atomic mass is 31.2. The van der Waals surface area contributed by atoms with Gasteiger partial charge in [0.1, 0.15) is 0 Å². The van der Waals surface area contributed by atoms with Crippen molar-refractivity contribution in [3.8, 4) is 0 Å². The van der Waals surface area contributed by atoms with Gasteiger partial charge in [-0.25, -0.2) is 4.57 Å². The first kappa shape index (κ1) is 14.1. The molecule has 0 aromatic rings. The van der Waals surface area contributed by atoms with E-state index in [1.165, 1.54) is 0 Å². The Morgan fingerprint density at radius 2 is 1.64 bits per heavy atom. The van der Waals surface area contributed by atoms with Gasteiger partial charge < -0.3 is 9.79 Å².